The molecule has 2 aliphatic rings. The molecule has 2 aliphatic heterocycles. The Labute approximate surface area is 162 Å². The molecule has 7 nitrogen and oxygen atoms in total. The molecule has 152 valence electrons. The van der Waals surface area contributed by atoms with Gasteiger partial charge in [0.25, 0.3) is 0 Å². The maximum Gasteiger partial charge on any atom is 0.191 e. The highest BCUT2D eigenvalue weighted by Crippen LogP contribution is 2.25. The monoisotopic (exact) mass is 396 g/mol. The molecule has 3 rings (SSSR count). The highest BCUT2D eigenvalue weighted by molar-refractivity contribution is 7.91. The summed E-state index contributed by atoms with van der Waals surface area (Å²) in [6.07, 6.45) is 6.18. The smallest absolute Gasteiger partial charge is 0.191 e. The summed E-state index contributed by atoms with van der Waals surface area (Å²) in [6.45, 7) is 6.21. The van der Waals surface area contributed by atoms with Crippen LogP contribution in [0.1, 0.15) is 44.4 Å². The Morgan fingerprint density at radius 2 is 2.15 bits per heavy atom. The maximum atomic E-state index is 11.6. The molecule has 2 atom stereocenters. The lowest BCUT2D eigenvalue weighted by molar-refractivity contribution is 0.150. The lowest BCUT2D eigenvalue weighted by atomic mass is 10.1. The van der Waals surface area contributed by atoms with Crippen LogP contribution in [0.15, 0.2) is 27.8 Å². The molecule has 0 radical (unpaired) electrons. The zero-order valence-electron chi connectivity index (χ0n) is 16.2. The Bertz CT molecular complexity index is 697. The van der Waals surface area contributed by atoms with E-state index in [9.17, 15) is 8.42 Å². The van der Waals surface area contributed by atoms with Crippen molar-refractivity contribution in [2.24, 2.45) is 10.9 Å². The van der Waals surface area contributed by atoms with E-state index in [1.807, 2.05) is 19.1 Å². The van der Waals surface area contributed by atoms with Gasteiger partial charge in [-0.15, -0.1) is 0 Å². The topological polar surface area (TPSA) is 86.9 Å². The van der Waals surface area contributed by atoms with Gasteiger partial charge in [-0.2, -0.15) is 0 Å². The lowest BCUT2D eigenvalue weighted by Gasteiger charge is -2.32. The first-order chi connectivity index (χ1) is 13.1. The van der Waals surface area contributed by atoms with Gasteiger partial charge in [0.05, 0.1) is 30.4 Å². The highest BCUT2D eigenvalue weighted by atomic mass is 32.2. The number of aliphatic imine (C=N–C) groups is 1. The van der Waals surface area contributed by atoms with E-state index in [0.29, 0.717) is 18.8 Å². The minimum atomic E-state index is -2.84. The van der Waals surface area contributed by atoms with Gasteiger partial charge < -0.3 is 15.1 Å². The van der Waals surface area contributed by atoms with Crippen LogP contribution in [0.25, 0.3) is 0 Å². The molecule has 1 aromatic rings. The molecular formula is C19H32N4O3S. The summed E-state index contributed by atoms with van der Waals surface area (Å²) in [5, 5.41) is 6.60. The van der Waals surface area contributed by atoms with Gasteiger partial charge >= 0.3 is 0 Å². The number of nitrogens with zero attached hydrogens (tertiary/aromatic N) is 2. The summed E-state index contributed by atoms with van der Waals surface area (Å²) >= 11 is 0. The van der Waals surface area contributed by atoms with E-state index in [1.165, 1.54) is 19.3 Å². The Morgan fingerprint density at radius 3 is 2.78 bits per heavy atom. The molecule has 1 aromatic heterocycles. The van der Waals surface area contributed by atoms with E-state index < -0.39 is 9.84 Å². The Kier molecular flexibility index (Phi) is 7.18. The molecule has 0 saturated carbocycles. The van der Waals surface area contributed by atoms with E-state index >= 15 is 0 Å². The molecule has 0 amide bonds. The van der Waals surface area contributed by atoms with Crippen molar-refractivity contribution in [1.82, 2.24) is 15.5 Å². The van der Waals surface area contributed by atoms with Crippen LogP contribution >= 0.6 is 0 Å². The van der Waals surface area contributed by atoms with E-state index in [1.54, 1.807) is 6.26 Å². The van der Waals surface area contributed by atoms with Crippen molar-refractivity contribution in [1.29, 1.82) is 0 Å². The summed E-state index contributed by atoms with van der Waals surface area (Å²) in [6, 6.07) is 4.10. The fraction of sp³-hybridized carbons (Fsp3) is 0.737. The predicted molar refractivity (Wildman–Crippen MR) is 108 cm³/mol. The first-order valence-corrected chi connectivity index (χ1v) is 11.9. The summed E-state index contributed by atoms with van der Waals surface area (Å²) in [4.78, 5) is 7.24. The SMILES string of the molecule is CCNC(=NCC(c1ccco1)N1CCCCC1)NCC1CCS(=O)(=O)C1. The molecule has 2 saturated heterocycles. The Hall–Kier alpha value is -1.54. The van der Waals surface area contributed by atoms with Gasteiger partial charge in [0, 0.05) is 13.1 Å². The zero-order chi connectivity index (χ0) is 19.1. The van der Waals surface area contributed by atoms with Crippen molar-refractivity contribution >= 4 is 15.8 Å². The molecular weight excluding hydrogens is 364 g/mol. The molecule has 27 heavy (non-hydrogen) atoms. The van der Waals surface area contributed by atoms with Crippen LogP contribution in [-0.4, -0.2) is 63.5 Å². The van der Waals surface area contributed by atoms with Crippen molar-refractivity contribution in [2.75, 3.05) is 44.2 Å². The van der Waals surface area contributed by atoms with Gasteiger partial charge in [0.1, 0.15) is 5.76 Å². The molecule has 8 heteroatoms. The third-order valence-electron chi connectivity index (χ3n) is 5.35. The number of rotatable bonds is 7. The second-order valence-electron chi connectivity index (χ2n) is 7.50. The summed E-state index contributed by atoms with van der Waals surface area (Å²) < 4.78 is 29.0. The van der Waals surface area contributed by atoms with Crippen molar-refractivity contribution in [2.45, 2.75) is 38.6 Å². The van der Waals surface area contributed by atoms with Crippen LogP contribution in [0.3, 0.4) is 0 Å². The standard InChI is InChI=1S/C19H32N4O3S/c1-2-20-19(21-13-16-8-12-27(24,25)15-16)22-14-17(18-7-6-11-26-18)23-9-4-3-5-10-23/h6-7,11,16-17H,2-5,8-10,12-15H2,1H3,(H2,20,21,22). The van der Waals surface area contributed by atoms with Crippen molar-refractivity contribution < 1.29 is 12.8 Å². The van der Waals surface area contributed by atoms with Crippen LogP contribution in [0.4, 0.5) is 0 Å². The van der Waals surface area contributed by atoms with Crippen LogP contribution in [0.2, 0.25) is 0 Å². The predicted octanol–water partition coefficient (Wildman–Crippen LogP) is 1.80. The number of hydrogen-bond donors (Lipinski definition) is 2. The van der Waals surface area contributed by atoms with Gasteiger partial charge in [-0.3, -0.25) is 9.89 Å². The van der Waals surface area contributed by atoms with Crippen LogP contribution < -0.4 is 10.6 Å². The van der Waals surface area contributed by atoms with E-state index in [4.69, 9.17) is 9.41 Å². The number of piperidine rings is 1. The van der Waals surface area contributed by atoms with Gasteiger partial charge in [-0.1, -0.05) is 6.42 Å². The summed E-state index contributed by atoms with van der Waals surface area (Å²) in [7, 11) is -2.84. The third kappa shape index (κ3) is 5.97. The minimum absolute atomic E-state index is 0.141. The number of likely N-dealkylation sites (tertiary alicyclic amines) is 1. The van der Waals surface area contributed by atoms with Crippen molar-refractivity contribution in [3.63, 3.8) is 0 Å². The first-order valence-electron chi connectivity index (χ1n) is 10.1. The largest absolute Gasteiger partial charge is 0.468 e. The fourth-order valence-corrected chi connectivity index (χ4v) is 5.75. The molecule has 2 unspecified atom stereocenters. The van der Waals surface area contributed by atoms with Crippen LogP contribution in [0, 0.1) is 5.92 Å². The number of hydrogen-bond acceptors (Lipinski definition) is 5. The lowest BCUT2D eigenvalue weighted by Crippen LogP contribution is -2.41. The summed E-state index contributed by atoms with van der Waals surface area (Å²) in [5.41, 5.74) is 0. The number of guanidine groups is 1. The molecule has 0 aliphatic carbocycles. The zero-order valence-corrected chi connectivity index (χ0v) is 17.0. The normalized spacial score (nSPS) is 24.6. The molecule has 0 aromatic carbocycles. The fourth-order valence-electron chi connectivity index (χ4n) is 3.89. The summed E-state index contributed by atoms with van der Waals surface area (Å²) in [5.74, 6) is 2.46. The van der Waals surface area contributed by atoms with Crippen molar-refractivity contribution in [3.05, 3.63) is 24.2 Å². The average Bonchev–Trinajstić information content (AvgIpc) is 3.30. The highest BCUT2D eigenvalue weighted by Gasteiger charge is 2.28. The maximum absolute atomic E-state index is 11.6. The molecule has 2 fully saturated rings. The Balaban J connectivity index is 1.62. The van der Waals surface area contributed by atoms with E-state index in [-0.39, 0.29) is 17.7 Å². The second kappa shape index (κ2) is 9.59. The minimum Gasteiger partial charge on any atom is -0.468 e. The van der Waals surface area contributed by atoms with Crippen molar-refractivity contribution in [3.8, 4) is 0 Å². The second-order valence-corrected chi connectivity index (χ2v) is 9.73. The number of sulfone groups is 1. The van der Waals surface area contributed by atoms with Gasteiger partial charge in [0.15, 0.2) is 15.8 Å². The molecule has 0 bridgehead atoms. The quantitative estimate of drug-likeness (QED) is 0.540. The van der Waals surface area contributed by atoms with Gasteiger partial charge in [-0.25, -0.2) is 8.42 Å². The first kappa shape index (κ1) is 20.2. The van der Waals surface area contributed by atoms with E-state index in [2.05, 4.69) is 15.5 Å². The average molecular weight is 397 g/mol. The van der Waals surface area contributed by atoms with Gasteiger partial charge in [0.2, 0.25) is 0 Å². The molecule has 3 heterocycles. The molecule has 2 N–H and O–H groups in total. The third-order valence-corrected chi connectivity index (χ3v) is 7.19. The van der Waals surface area contributed by atoms with Crippen LogP contribution in [0.5, 0.6) is 0 Å². The number of nitrogens with one attached hydrogen (secondary N) is 2. The number of furan rings is 1. The molecule has 0 spiro atoms. The van der Waals surface area contributed by atoms with E-state index in [0.717, 1.165) is 37.8 Å². The van der Waals surface area contributed by atoms with Crippen LogP contribution in [-0.2, 0) is 9.84 Å². The Morgan fingerprint density at radius 1 is 1.33 bits per heavy atom. The van der Waals surface area contributed by atoms with Gasteiger partial charge in [-0.05, 0) is 57.3 Å².